The number of hydrogen-bond donors (Lipinski definition) is 2. The van der Waals surface area contributed by atoms with Crippen molar-refractivity contribution in [1.82, 2.24) is 10.2 Å². The average Bonchev–Trinajstić information content (AvgIpc) is 3.24. The first-order valence-corrected chi connectivity index (χ1v) is 10.2. The summed E-state index contributed by atoms with van der Waals surface area (Å²) in [6.45, 7) is -0.282. The van der Waals surface area contributed by atoms with Crippen LogP contribution in [0.4, 0.5) is 24.7 Å². The number of nitrogens with one attached hydrogen (secondary N) is 2. The molecule has 33 heavy (non-hydrogen) atoms. The van der Waals surface area contributed by atoms with Gasteiger partial charge >= 0.3 is 6.18 Å². The van der Waals surface area contributed by atoms with E-state index in [1.54, 1.807) is 49.5 Å². The quantitative estimate of drug-likeness (QED) is 0.564. The molecule has 1 amide bonds. The monoisotopic (exact) mass is 460 g/mol. The lowest BCUT2D eigenvalue weighted by Crippen LogP contribution is -2.23. The number of methoxy groups -OCH3 is 1. The van der Waals surface area contributed by atoms with Crippen molar-refractivity contribution in [3.63, 3.8) is 0 Å². The molecule has 0 bridgehead atoms. The van der Waals surface area contributed by atoms with Gasteiger partial charge in [0.05, 0.1) is 12.7 Å². The van der Waals surface area contributed by atoms with Crippen molar-refractivity contribution in [2.24, 2.45) is 0 Å². The number of rotatable bonds is 6. The van der Waals surface area contributed by atoms with Crippen molar-refractivity contribution in [2.45, 2.75) is 25.1 Å². The van der Waals surface area contributed by atoms with Crippen LogP contribution >= 0.6 is 0 Å². The van der Waals surface area contributed by atoms with Gasteiger partial charge in [-0.2, -0.15) is 18.3 Å². The third kappa shape index (κ3) is 4.59. The molecule has 2 heterocycles. The molecular formula is C23H23F3N4O3. The van der Waals surface area contributed by atoms with Crippen molar-refractivity contribution in [3.05, 3.63) is 64.8 Å². The van der Waals surface area contributed by atoms with Gasteiger partial charge in [0.1, 0.15) is 6.61 Å². The van der Waals surface area contributed by atoms with Crippen molar-refractivity contribution in [1.29, 1.82) is 0 Å². The first-order chi connectivity index (χ1) is 15.7. The van der Waals surface area contributed by atoms with Gasteiger partial charge in [0.25, 0.3) is 0 Å². The first kappa shape index (κ1) is 22.5. The number of aromatic amines is 1. The molecule has 2 aromatic carbocycles. The summed E-state index contributed by atoms with van der Waals surface area (Å²) < 4.78 is 52.0. The zero-order valence-electron chi connectivity index (χ0n) is 18.3. The van der Waals surface area contributed by atoms with E-state index < -0.39 is 11.7 Å². The average molecular weight is 460 g/mol. The maximum absolute atomic E-state index is 13.6. The predicted molar refractivity (Wildman–Crippen MR) is 117 cm³/mol. The minimum Gasteiger partial charge on any atom is -0.493 e. The summed E-state index contributed by atoms with van der Waals surface area (Å²) in [5.41, 5.74) is 1.38. The number of H-pyrrole nitrogens is 1. The summed E-state index contributed by atoms with van der Waals surface area (Å²) in [5.74, 6) is 0.766. The molecule has 0 spiro atoms. The molecular weight excluding hydrogens is 437 g/mol. The van der Waals surface area contributed by atoms with Gasteiger partial charge in [0.15, 0.2) is 17.3 Å². The zero-order valence-corrected chi connectivity index (χ0v) is 18.3. The number of benzene rings is 2. The number of anilines is 2. The number of hydrogen-bond acceptors (Lipinski definition) is 5. The van der Waals surface area contributed by atoms with E-state index in [-0.39, 0.29) is 30.4 Å². The van der Waals surface area contributed by atoms with Crippen molar-refractivity contribution in [3.8, 4) is 11.5 Å². The van der Waals surface area contributed by atoms with Crippen LogP contribution in [0.15, 0.2) is 42.6 Å². The molecule has 4 rings (SSSR count). The molecule has 0 saturated heterocycles. The number of aromatic nitrogens is 2. The molecule has 0 radical (unpaired) electrons. The molecule has 7 nitrogen and oxygen atoms in total. The Morgan fingerprint density at radius 1 is 1.15 bits per heavy atom. The van der Waals surface area contributed by atoms with E-state index in [0.29, 0.717) is 23.0 Å². The number of fused-ring (bicyclic) bond motifs is 1. The number of ether oxygens (including phenoxy) is 2. The second kappa shape index (κ2) is 8.68. The maximum Gasteiger partial charge on any atom is 0.416 e. The van der Waals surface area contributed by atoms with E-state index in [0.717, 1.165) is 17.2 Å². The Kier molecular flexibility index (Phi) is 5.92. The lowest BCUT2D eigenvalue weighted by atomic mass is 9.87. The third-order valence-electron chi connectivity index (χ3n) is 5.58. The van der Waals surface area contributed by atoms with Crippen molar-refractivity contribution >= 4 is 17.4 Å². The fourth-order valence-corrected chi connectivity index (χ4v) is 3.85. The number of amides is 1. The molecule has 2 N–H and O–H groups in total. The summed E-state index contributed by atoms with van der Waals surface area (Å²) in [6, 6.07) is 9.29. The summed E-state index contributed by atoms with van der Waals surface area (Å²) in [6.07, 6.45) is -2.54. The van der Waals surface area contributed by atoms with Gasteiger partial charge in [-0.25, -0.2) is 0 Å². The first-order valence-electron chi connectivity index (χ1n) is 10.2. The SMILES string of the molecule is COc1cc(C2CC(=O)Nc3n[nH]cc32)ccc1OCc1ccc(N(C)C)cc1C(F)(F)F. The van der Waals surface area contributed by atoms with Crippen molar-refractivity contribution in [2.75, 3.05) is 31.4 Å². The predicted octanol–water partition coefficient (Wildman–Crippen LogP) is 4.56. The van der Waals surface area contributed by atoms with Gasteiger partial charge < -0.3 is 19.7 Å². The number of halogens is 3. The Balaban J connectivity index is 1.59. The summed E-state index contributed by atoms with van der Waals surface area (Å²) >= 11 is 0. The van der Waals surface area contributed by atoms with E-state index in [4.69, 9.17) is 9.47 Å². The summed E-state index contributed by atoms with van der Waals surface area (Å²) in [4.78, 5) is 13.7. The second-order valence-corrected chi connectivity index (χ2v) is 7.93. The molecule has 1 atom stereocenters. The van der Waals surface area contributed by atoms with Crippen LogP contribution in [0.5, 0.6) is 11.5 Å². The summed E-state index contributed by atoms with van der Waals surface area (Å²) in [5, 5.41) is 9.51. The molecule has 1 aromatic heterocycles. The van der Waals surface area contributed by atoms with Crippen LogP contribution in [0.3, 0.4) is 0 Å². The topological polar surface area (TPSA) is 79.5 Å². The Labute approximate surface area is 188 Å². The van der Waals surface area contributed by atoms with E-state index in [2.05, 4.69) is 15.5 Å². The molecule has 0 aliphatic carbocycles. The molecule has 10 heteroatoms. The highest BCUT2D eigenvalue weighted by Crippen LogP contribution is 2.40. The molecule has 0 saturated carbocycles. The van der Waals surface area contributed by atoms with Crippen LogP contribution in [0, 0.1) is 0 Å². The highest BCUT2D eigenvalue weighted by Gasteiger charge is 2.34. The second-order valence-electron chi connectivity index (χ2n) is 7.93. The maximum atomic E-state index is 13.6. The smallest absolute Gasteiger partial charge is 0.416 e. The van der Waals surface area contributed by atoms with E-state index in [1.807, 2.05) is 0 Å². The van der Waals surface area contributed by atoms with Crippen LogP contribution in [0.2, 0.25) is 0 Å². The van der Waals surface area contributed by atoms with Gasteiger partial charge in [-0.1, -0.05) is 12.1 Å². The Morgan fingerprint density at radius 3 is 2.64 bits per heavy atom. The molecule has 1 aliphatic rings. The number of nitrogens with zero attached hydrogens (tertiary/aromatic N) is 2. The van der Waals surface area contributed by atoms with Crippen LogP contribution in [0.1, 0.15) is 34.6 Å². The van der Waals surface area contributed by atoms with Gasteiger partial charge in [-0.05, 0) is 29.8 Å². The Hall–Kier alpha value is -3.69. The van der Waals surface area contributed by atoms with E-state index in [1.165, 1.54) is 13.2 Å². The van der Waals surface area contributed by atoms with Crippen LogP contribution < -0.4 is 19.7 Å². The minimum absolute atomic E-state index is 0.0196. The highest BCUT2D eigenvalue weighted by atomic mass is 19.4. The number of alkyl halides is 3. The lowest BCUT2D eigenvalue weighted by Gasteiger charge is -2.23. The largest absolute Gasteiger partial charge is 0.493 e. The van der Waals surface area contributed by atoms with Gasteiger partial charge in [0.2, 0.25) is 5.91 Å². The van der Waals surface area contributed by atoms with Gasteiger partial charge in [0, 0.05) is 49.4 Å². The minimum atomic E-state index is -4.51. The molecule has 1 unspecified atom stereocenters. The normalized spacial score (nSPS) is 15.6. The lowest BCUT2D eigenvalue weighted by molar-refractivity contribution is -0.138. The Bertz CT molecular complexity index is 1170. The number of carbonyl (C=O) groups excluding carboxylic acids is 1. The fourth-order valence-electron chi connectivity index (χ4n) is 3.85. The van der Waals surface area contributed by atoms with Gasteiger partial charge in [-0.3, -0.25) is 9.89 Å². The molecule has 3 aromatic rings. The molecule has 1 aliphatic heterocycles. The number of carbonyl (C=O) groups is 1. The Morgan fingerprint density at radius 2 is 1.94 bits per heavy atom. The van der Waals surface area contributed by atoms with E-state index in [9.17, 15) is 18.0 Å². The molecule has 0 fully saturated rings. The van der Waals surface area contributed by atoms with Crippen molar-refractivity contribution < 1.29 is 27.4 Å². The third-order valence-corrected chi connectivity index (χ3v) is 5.58. The standard InChI is InChI=1S/C23H23F3N4O3/c1-30(2)15-6-4-14(18(9-15)23(24,25)26)12-33-19-7-5-13(8-20(19)32-3)16-10-21(31)28-22-17(16)11-27-29-22/h4-9,11,16H,10,12H2,1-3H3,(H2,27,28,29,31). The molecule has 174 valence electrons. The van der Waals surface area contributed by atoms with Crippen LogP contribution in [0.25, 0.3) is 0 Å². The van der Waals surface area contributed by atoms with Crippen LogP contribution in [-0.4, -0.2) is 37.3 Å². The fraction of sp³-hybridized carbons (Fsp3) is 0.304. The van der Waals surface area contributed by atoms with E-state index >= 15 is 0 Å². The highest BCUT2D eigenvalue weighted by molar-refractivity contribution is 5.94. The summed E-state index contributed by atoms with van der Waals surface area (Å²) in [7, 11) is 4.82. The van der Waals surface area contributed by atoms with Gasteiger partial charge in [-0.15, -0.1) is 0 Å². The zero-order chi connectivity index (χ0) is 23.8. The van der Waals surface area contributed by atoms with Crippen LogP contribution in [-0.2, 0) is 17.6 Å².